The fourth-order valence-corrected chi connectivity index (χ4v) is 2.93. The van der Waals surface area contributed by atoms with E-state index in [0.29, 0.717) is 29.2 Å². The van der Waals surface area contributed by atoms with E-state index >= 15 is 0 Å². The number of hydrazone groups is 1. The first-order valence-corrected chi connectivity index (χ1v) is 9.53. The van der Waals surface area contributed by atoms with Crippen molar-refractivity contribution < 1.29 is 19.4 Å². The van der Waals surface area contributed by atoms with Gasteiger partial charge in [-0.1, -0.05) is 52.3 Å². The number of methoxy groups -OCH3 is 1. The first kappa shape index (κ1) is 20.4. The van der Waals surface area contributed by atoms with Gasteiger partial charge in [0.25, 0.3) is 5.91 Å². The van der Waals surface area contributed by atoms with Crippen LogP contribution in [0.1, 0.15) is 21.5 Å². The summed E-state index contributed by atoms with van der Waals surface area (Å²) in [5.74, 6) is 0.271. The predicted octanol–water partition coefficient (Wildman–Crippen LogP) is 4.51. The third-order valence-corrected chi connectivity index (χ3v) is 4.54. The van der Waals surface area contributed by atoms with Crippen molar-refractivity contribution in [2.24, 2.45) is 5.10 Å². The Morgan fingerprint density at radius 3 is 2.66 bits per heavy atom. The van der Waals surface area contributed by atoms with Crippen LogP contribution in [0, 0.1) is 0 Å². The molecule has 7 heteroatoms. The van der Waals surface area contributed by atoms with Gasteiger partial charge < -0.3 is 14.6 Å². The van der Waals surface area contributed by atoms with Crippen LogP contribution in [0.5, 0.6) is 17.2 Å². The summed E-state index contributed by atoms with van der Waals surface area (Å²) in [6.07, 6.45) is 1.35. The van der Waals surface area contributed by atoms with E-state index in [1.165, 1.54) is 13.3 Å². The van der Waals surface area contributed by atoms with Gasteiger partial charge in [0.15, 0.2) is 11.5 Å². The van der Waals surface area contributed by atoms with Crippen LogP contribution in [-0.2, 0) is 6.61 Å². The van der Waals surface area contributed by atoms with Crippen molar-refractivity contribution in [3.8, 4) is 17.2 Å². The van der Waals surface area contributed by atoms with Gasteiger partial charge in [0.2, 0.25) is 0 Å². The fourth-order valence-electron chi connectivity index (χ4n) is 2.57. The summed E-state index contributed by atoms with van der Waals surface area (Å²) in [7, 11) is 1.46. The van der Waals surface area contributed by atoms with Crippen LogP contribution >= 0.6 is 15.9 Å². The average Bonchev–Trinajstić information content (AvgIpc) is 2.74. The zero-order chi connectivity index (χ0) is 20.6. The highest BCUT2D eigenvalue weighted by atomic mass is 79.9. The molecule has 0 aromatic heterocycles. The normalized spacial score (nSPS) is 10.7. The minimum atomic E-state index is -0.437. The number of carbonyl (C=O) groups is 1. The van der Waals surface area contributed by atoms with Crippen molar-refractivity contribution in [1.29, 1.82) is 0 Å². The summed E-state index contributed by atoms with van der Waals surface area (Å²) in [4.78, 5) is 12.6. The average molecular weight is 455 g/mol. The molecule has 0 unspecified atom stereocenters. The lowest BCUT2D eigenvalue weighted by Crippen LogP contribution is -2.19. The predicted molar refractivity (Wildman–Crippen MR) is 115 cm³/mol. The Kier molecular flexibility index (Phi) is 6.86. The van der Waals surface area contributed by atoms with Gasteiger partial charge in [-0.2, -0.15) is 5.10 Å². The molecule has 148 valence electrons. The third kappa shape index (κ3) is 5.36. The van der Waals surface area contributed by atoms with Gasteiger partial charge in [-0.25, -0.2) is 5.43 Å². The minimum absolute atomic E-state index is 0.0534. The molecule has 3 aromatic carbocycles. The number of nitrogens with one attached hydrogen (secondary N) is 1. The van der Waals surface area contributed by atoms with E-state index in [1.807, 2.05) is 30.3 Å². The van der Waals surface area contributed by atoms with Gasteiger partial charge in [0.1, 0.15) is 12.4 Å². The van der Waals surface area contributed by atoms with Crippen LogP contribution in [0.4, 0.5) is 0 Å². The number of amides is 1. The summed E-state index contributed by atoms with van der Waals surface area (Å²) in [6, 6.07) is 19.9. The Labute approximate surface area is 176 Å². The van der Waals surface area contributed by atoms with E-state index in [1.54, 1.807) is 36.4 Å². The molecule has 6 nitrogen and oxygen atoms in total. The highest BCUT2D eigenvalue weighted by Gasteiger charge is 2.13. The smallest absolute Gasteiger partial charge is 0.275 e. The van der Waals surface area contributed by atoms with Crippen LogP contribution in [0.25, 0.3) is 0 Å². The first-order valence-electron chi connectivity index (χ1n) is 8.74. The van der Waals surface area contributed by atoms with E-state index in [-0.39, 0.29) is 5.75 Å². The van der Waals surface area contributed by atoms with E-state index in [2.05, 4.69) is 26.5 Å². The van der Waals surface area contributed by atoms with Crippen LogP contribution in [0.15, 0.2) is 76.3 Å². The van der Waals surface area contributed by atoms with Gasteiger partial charge >= 0.3 is 0 Å². The fraction of sp³-hybridized carbons (Fsp3) is 0.0909. The Hall–Kier alpha value is -3.32. The molecule has 0 saturated carbocycles. The topological polar surface area (TPSA) is 80.2 Å². The van der Waals surface area contributed by atoms with Gasteiger partial charge in [-0.15, -0.1) is 0 Å². The molecule has 0 aliphatic rings. The molecule has 0 fully saturated rings. The maximum atomic E-state index is 12.6. The molecule has 2 N–H and O–H groups in total. The molecule has 0 spiro atoms. The standard InChI is InChI=1S/C22H19BrN2O4/c1-28-20-9-5-8-16(21(20)26)13-24-25-22(27)18-12-17(23)10-11-19(18)29-14-15-6-3-2-4-7-15/h2-13,26H,14H2,1H3,(H,25,27)/b24-13-. The molecule has 1 amide bonds. The zero-order valence-electron chi connectivity index (χ0n) is 15.6. The van der Waals surface area contributed by atoms with E-state index < -0.39 is 5.91 Å². The maximum absolute atomic E-state index is 12.6. The molecule has 0 aliphatic carbocycles. The third-order valence-electron chi connectivity index (χ3n) is 4.04. The number of aromatic hydroxyl groups is 1. The van der Waals surface area contributed by atoms with E-state index in [0.717, 1.165) is 10.0 Å². The number of hydrogen-bond acceptors (Lipinski definition) is 5. The Bertz CT molecular complexity index is 1020. The molecule has 3 rings (SSSR count). The van der Waals surface area contributed by atoms with Crippen molar-refractivity contribution in [2.75, 3.05) is 7.11 Å². The molecule has 29 heavy (non-hydrogen) atoms. The number of para-hydroxylation sites is 1. The number of phenolic OH excluding ortho intramolecular Hbond substituents is 1. The molecular weight excluding hydrogens is 436 g/mol. The second-order valence-corrected chi connectivity index (χ2v) is 6.93. The van der Waals surface area contributed by atoms with Gasteiger partial charge in [0, 0.05) is 10.0 Å². The monoisotopic (exact) mass is 454 g/mol. The molecule has 3 aromatic rings. The minimum Gasteiger partial charge on any atom is -0.504 e. The molecule has 0 radical (unpaired) electrons. The summed E-state index contributed by atoms with van der Waals surface area (Å²) >= 11 is 3.37. The molecule has 0 saturated heterocycles. The van der Waals surface area contributed by atoms with Gasteiger partial charge in [-0.05, 0) is 35.9 Å². The second-order valence-electron chi connectivity index (χ2n) is 6.01. The first-order chi connectivity index (χ1) is 14.1. The molecular formula is C22H19BrN2O4. The van der Waals surface area contributed by atoms with Crippen molar-refractivity contribution in [2.45, 2.75) is 6.61 Å². The van der Waals surface area contributed by atoms with Crippen LogP contribution in [-0.4, -0.2) is 24.3 Å². The Balaban J connectivity index is 1.72. The Morgan fingerprint density at radius 2 is 1.90 bits per heavy atom. The van der Waals surface area contributed by atoms with E-state index in [4.69, 9.17) is 9.47 Å². The summed E-state index contributed by atoms with van der Waals surface area (Å²) in [5.41, 5.74) is 4.20. The highest BCUT2D eigenvalue weighted by molar-refractivity contribution is 9.10. The number of halogens is 1. The summed E-state index contributed by atoms with van der Waals surface area (Å²) < 4.78 is 11.6. The largest absolute Gasteiger partial charge is 0.504 e. The van der Waals surface area contributed by atoms with Crippen molar-refractivity contribution in [3.05, 3.63) is 87.9 Å². The van der Waals surface area contributed by atoms with Gasteiger partial charge in [0.05, 0.1) is 18.9 Å². The van der Waals surface area contributed by atoms with Crippen molar-refractivity contribution >= 4 is 28.1 Å². The summed E-state index contributed by atoms with van der Waals surface area (Å²) in [6.45, 7) is 0.337. The second kappa shape index (κ2) is 9.75. The lowest BCUT2D eigenvalue weighted by molar-refractivity contribution is 0.0950. The quantitative estimate of drug-likeness (QED) is 0.406. The van der Waals surface area contributed by atoms with Gasteiger partial charge in [-0.3, -0.25) is 4.79 Å². The van der Waals surface area contributed by atoms with Crippen molar-refractivity contribution in [1.82, 2.24) is 5.43 Å². The lowest BCUT2D eigenvalue weighted by atomic mass is 10.2. The number of nitrogens with zero attached hydrogens (tertiary/aromatic N) is 1. The number of ether oxygens (including phenoxy) is 2. The molecule has 0 aliphatic heterocycles. The maximum Gasteiger partial charge on any atom is 0.275 e. The SMILES string of the molecule is COc1cccc(/C=N\NC(=O)c2cc(Br)ccc2OCc2ccccc2)c1O. The van der Waals surface area contributed by atoms with E-state index in [9.17, 15) is 9.90 Å². The van der Waals surface area contributed by atoms with Crippen LogP contribution in [0.3, 0.4) is 0 Å². The number of phenols is 1. The van der Waals surface area contributed by atoms with Crippen LogP contribution in [0.2, 0.25) is 0 Å². The number of benzene rings is 3. The lowest BCUT2D eigenvalue weighted by Gasteiger charge is -2.11. The number of rotatable bonds is 7. The van der Waals surface area contributed by atoms with Crippen molar-refractivity contribution in [3.63, 3.8) is 0 Å². The number of hydrogen-bond donors (Lipinski definition) is 2. The summed E-state index contributed by atoms with van der Waals surface area (Å²) in [5, 5.41) is 14.0. The highest BCUT2D eigenvalue weighted by Crippen LogP contribution is 2.28. The molecule has 0 atom stereocenters. The Morgan fingerprint density at radius 1 is 1.10 bits per heavy atom. The molecule has 0 bridgehead atoms. The number of carbonyl (C=O) groups excluding carboxylic acids is 1. The zero-order valence-corrected chi connectivity index (χ0v) is 17.2. The van der Waals surface area contributed by atoms with Crippen LogP contribution < -0.4 is 14.9 Å². The molecule has 0 heterocycles.